The molecule has 2 amide bonds. The van der Waals surface area contributed by atoms with Crippen LogP contribution in [-0.2, 0) is 27.4 Å². The lowest BCUT2D eigenvalue weighted by atomic mass is 10.2. The van der Waals surface area contributed by atoms with E-state index in [-0.39, 0.29) is 43.9 Å². The lowest BCUT2D eigenvalue weighted by Gasteiger charge is -2.31. The fraction of sp³-hybridized carbons (Fsp3) is 0.379. The average Bonchev–Trinajstić information content (AvgIpc) is 3.35. The van der Waals surface area contributed by atoms with Gasteiger partial charge in [-0.25, -0.2) is 4.39 Å². The fourth-order valence-electron chi connectivity index (χ4n) is 4.20. The third-order valence-electron chi connectivity index (χ3n) is 6.36. The van der Waals surface area contributed by atoms with Crippen LogP contribution in [0.3, 0.4) is 0 Å². The highest BCUT2D eigenvalue weighted by Crippen LogP contribution is 2.15. The largest absolute Gasteiger partial charge is 0.484 e. The first-order chi connectivity index (χ1) is 18.5. The molecular formula is C29H34FN3O5. The van der Waals surface area contributed by atoms with Crippen molar-refractivity contribution >= 4 is 11.8 Å². The van der Waals surface area contributed by atoms with Crippen LogP contribution >= 0.6 is 0 Å². The molecule has 2 heterocycles. The number of carbonyl (C=O) groups excluding carboxylic acids is 2. The first kappa shape index (κ1) is 27.3. The lowest BCUT2D eigenvalue weighted by molar-refractivity contribution is -0.142. The lowest BCUT2D eigenvalue weighted by Crippen LogP contribution is -2.48. The molecule has 1 aliphatic heterocycles. The Kier molecular flexibility index (Phi) is 9.89. The second-order valence-corrected chi connectivity index (χ2v) is 9.26. The SMILES string of the molecule is Cc1ccc(CN(Cc2ccc(F)cc2)C(=O)CN(CCN2CCOCC2)C(=O)COc2ccccc2)o1. The summed E-state index contributed by atoms with van der Waals surface area (Å²) in [6.45, 7) is 5.93. The Hall–Kier alpha value is -3.69. The maximum Gasteiger partial charge on any atom is 0.261 e. The molecule has 1 aromatic heterocycles. The van der Waals surface area contributed by atoms with Crippen LogP contribution in [0.25, 0.3) is 0 Å². The summed E-state index contributed by atoms with van der Waals surface area (Å²) in [5.74, 6) is 1.12. The molecule has 0 saturated carbocycles. The van der Waals surface area contributed by atoms with Crippen molar-refractivity contribution in [1.29, 1.82) is 0 Å². The number of hydrogen-bond acceptors (Lipinski definition) is 6. The number of carbonyl (C=O) groups is 2. The topological polar surface area (TPSA) is 75.5 Å². The number of furan rings is 1. The number of morpholine rings is 1. The minimum absolute atomic E-state index is 0.109. The number of rotatable bonds is 12. The van der Waals surface area contributed by atoms with E-state index >= 15 is 0 Å². The first-order valence-corrected chi connectivity index (χ1v) is 12.8. The van der Waals surface area contributed by atoms with Crippen molar-refractivity contribution in [2.75, 3.05) is 52.5 Å². The van der Waals surface area contributed by atoms with Gasteiger partial charge in [-0.1, -0.05) is 30.3 Å². The van der Waals surface area contributed by atoms with Gasteiger partial charge >= 0.3 is 0 Å². The van der Waals surface area contributed by atoms with Gasteiger partial charge in [-0.05, 0) is 48.9 Å². The van der Waals surface area contributed by atoms with Crippen molar-refractivity contribution in [3.63, 3.8) is 0 Å². The number of ether oxygens (including phenoxy) is 2. The smallest absolute Gasteiger partial charge is 0.261 e. The molecule has 1 saturated heterocycles. The summed E-state index contributed by atoms with van der Waals surface area (Å²) in [5.41, 5.74) is 0.779. The van der Waals surface area contributed by atoms with Crippen LogP contribution in [0, 0.1) is 12.7 Å². The fourth-order valence-corrected chi connectivity index (χ4v) is 4.20. The van der Waals surface area contributed by atoms with Crippen molar-refractivity contribution in [2.45, 2.75) is 20.0 Å². The van der Waals surface area contributed by atoms with Gasteiger partial charge < -0.3 is 23.7 Å². The molecule has 0 N–H and O–H groups in total. The van der Waals surface area contributed by atoms with Gasteiger partial charge in [0.05, 0.1) is 26.3 Å². The zero-order valence-corrected chi connectivity index (χ0v) is 21.7. The van der Waals surface area contributed by atoms with Crippen molar-refractivity contribution < 1.29 is 27.9 Å². The quantitative estimate of drug-likeness (QED) is 0.362. The van der Waals surface area contributed by atoms with E-state index < -0.39 is 0 Å². The van der Waals surface area contributed by atoms with Gasteiger partial charge in [-0.15, -0.1) is 0 Å². The van der Waals surface area contributed by atoms with Gasteiger partial charge in [0.1, 0.15) is 23.1 Å². The third kappa shape index (κ3) is 8.43. The predicted molar refractivity (Wildman–Crippen MR) is 140 cm³/mol. The maximum atomic E-state index is 13.6. The molecule has 0 spiro atoms. The summed E-state index contributed by atoms with van der Waals surface area (Å²) in [7, 11) is 0. The van der Waals surface area contributed by atoms with E-state index in [9.17, 15) is 14.0 Å². The molecule has 3 aromatic rings. The molecule has 0 radical (unpaired) electrons. The highest BCUT2D eigenvalue weighted by molar-refractivity contribution is 5.85. The number of amides is 2. The molecule has 0 aliphatic carbocycles. The second kappa shape index (κ2) is 13.7. The van der Waals surface area contributed by atoms with Crippen LogP contribution in [0.4, 0.5) is 4.39 Å². The van der Waals surface area contributed by atoms with Gasteiger partial charge in [-0.3, -0.25) is 14.5 Å². The summed E-state index contributed by atoms with van der Waals surface area (Å²) in [6.07, 6.45) is 0. The van der Waals surface area contributed by atoms with Gasteiger partial charge in [-0.2, -0.15) is 0 Å². The number of nitrogens with zero attached hydrogens (tertiary/aromatic N) is 3. The number of para-hydroxylation sites is 1. The predicted octanol–water partition coefficient (Wildman–Crippen LogP) is 3.50. The van der Waals surface area contributed by atoms with Gasteiger partial charge in [0.2, 0.25) is 5.91 Å². The van der Waals surface area contributed by atoms with Crippen molar-refractivity contribution in [2.24, 2.45) is 0 Å². The van der Waals surface area contributed by atoms with E-state index in [4.69, 9.17) is 13.9 Å². The summed E-state index contributed by atoms with van der Waals surface area (Å²) in [6, 6.07) is 18.8. The first-order valence-electron chi connectivity index (χ1n) is 12.8. The average molecular weight is 524 g/mol. The number of halogens is 1. The number of benzene rings is 2. The maximum absolute atomic E-state index is 13.6. The van der Waals surface area contributed by atoms with E-state index in [0.29, 0.717) is 37.8 Å². The van der Waals surface area contributed by atoms with Crippen molar-refractivity contribution in [3.8, 4) is 5.75 Å². The Morgan fingerprint density at radius 3 is 2.34 bits per heavy atom. The van der Waals surface area contributed by atoms with E-state index in [0.717, 1.165) is 24.4 Å². The van der Waals surface area contributed by atoms with Crippen molar-refractivity contribution in [1.82, 2.24) is 14.7 Å². The van der Waals surface area contributed by atoms with Crippen molar-refractivity contribution in [3.05, 3.63) is 89.6 Å². The molecule has 8 nitrogen and oxygen atoms in total. The standard InChI is InChI=1S/C29H34FN3O5/c1-23-7-12-27(38-23)20-33(19-24-8-10-25(30)11-9-24)28(34)21-32(14-13-31-15-17-36-18-16-31)29(35)22-37-26-5-3-2-4-6-26/h2-12H,13-22H2,1H3. The molecule has 9 heteroatoms. The van der Waals surface area contributed by atoms with Crippen LogP contribution in [0.2, 0.25) is 0 Å². The normalized spacial score (nSPS) is 13.7. The molecule has 1 fully saturated rings. The Bertz CT molecular complexity index is 1160. The zero-order chi connectivity index (χ0) is 26.7. The van der Waals surface area contributed by atoms with Crippen LogP contribution in [-0.4, -0.2) is 79.1 Å². The molecule has 1 aliphatic rings. The summed E-state index contributed by atoms with van der Waals surface area (Å²) in [5, 5.41) is 0. The van der Waals surface area contributed by atoms with Crippen LogP contribution in [0.1, 0.15) is 17.1 Å². The molecular weight excluding hydrogens is 489 g/mol. The van der Waals surface area contributed by atoms with Crippen LogP contribution in [0.15, 0.2) is 71.1 Å². The van der Waals surface area contributed by atoms with Crippen LogP contribution in [0.5, 0.6) is 5.75 Å². The Morgan fingerprint density at radius 1 is 0.921 bits per heavy atom. The van der Waals surface area contributed by atoms with E-state index in [2.05, 4.69) is 4.90 Å². The summed E-state index contributed by atoms with van der Waals surface area (Å²) < 4.78 is 30.3. The Balaban J connectivity index is 1.46. The molecule has 202 valence electrons. The van der Waals surface area contributed by atoms with E-state index in [1.54, 1.807) is 34.1 Å². The van der Waals surface area contributed by atoms with Gasteiger partial charge in [0.15, 0.2) is 6.61 Å². The Morgan fingerprint density at radius 2 is 1.66 bits per heavy atom. The molecule has 0 unspecified atom stereocenters. The minimum Gasteiger partial charge on any atom is -0.484 e. The molecule has 0 bridgehead atoms. The third-order valence-corrected chi connectivity index (χ3v) is 6.36. The second-order valence-electron chi connectivity index (χ2n) is 9.26. The molecule has 4 rings (SSSR count). The monoisotopic (exact) mass is 523 g/mol. The zero-order valence-electron chi connectivity index (χ0n) is 21.7. The summed E-state index contributed by atoms with van der Waals surface area (Å²) >= 11 is 0. The number of hydrogen-bond donors (Lipinski definition) is 0. The summed E-state index contributed by atoms with van der Waals surface area (Å²) in [4.78, 5) is 32.2. The number of aryl methyl sites for hydroxylation is 1. The van der Waals surface area contributed by atoms with Gasteiger partial charge in [0.25, 0.3) is 5.91 Å². The van der Waals surface area contributed by atoms with Gasteiger partial charge in [0, 0.05) is 32.7 Å². The van der Waals surface area contributed by atoms with Crippen LogP contribution < -0.4 is 4.74 Å². The molecule has 2 aromatic carbocycles. The minimum atomic E-state index is -0.341. The highest BCUT2D eigenvalue weighted by atomic mass is 19.1. The van der Waals surface area contributed by atoms with E-state index in [1.165, 1.54) is 12.1 Å². The molecule has 38 heavy (non-hydrogen) atoms. The Labute approximate surface area is 222 Å². The highest BCUT2D eigenvalue weighted by Gasteiger charge is 2.24. The van der Waals surface area contributed by atoms with E-state index in [1.807, 2.05) is 37.3 Å². The molecule has 0 atom stereocenters.